The molecule has 0 saturated carbocycles. The van der Waals surface area contributed by atoms with E-state index in [0.29, 0.717) is 22.8 Å². The fraction of sp³-hybridized carbons (Fsp3) is 0.542. The molecule has 1 aromatic carbocycles. The first-order valence-electron chi connectivity index (χ1n) is 11.2. The summed E-state index contributed by atoms with van der Waals surface area (Å²) in [5.74, 6) is 0.850. The van der Waals surface area contributed by atoms with E-state index in [1.165, 1.54) is 6.42 Å². The summed E-state index contributed by atoms with van der Waals surface area (Å²) in [6.45, 7) is 3.88. The van der Waals surface area contributed by atoms with Crippen molar-refractivity contribution < 1.29 is 4.79 Å². The summed E-state index contributed by atoms with van der Waals surface area (Å²) in [6, 6.07) is 7.36. The zero-order valence-corrected chi connectivity index (χ0v) is 18.4. The van der Waals surface area contributed by atoms with Gasteiger partial charge in [-0.25, -0.2) is 4.98 Å². The standard InChI is InChI=1S/C24H30ClN3O2/c1-2-3-7-17-14-18(24(30)28-12-5-4-6-13-28)15-20-21(17)26-22(27-23(20)29)16-8-10-19(25)11-9-16/h8-11,17-18H,2-7,12-15H2,1H3,(H,26,27,29)/t17-,18-/m0/s1. The Morgan fingerprint density at radius 1 is 1.20 bits per heavy atom. The number of carbonyl (C=O) groups is 1. The van der Waals surface area contributed by atoms with E-state index in [0.717, 1.165) is 62.9 Å². The maximum atomic E-state index is 13.2. The van der Waals surface area contributed by atoms with Gasteiger partial charge in [0.05, 0.1) is 5.69 Å². The number of fused-ring (bicyclic) bond motifs is 1. The molecule has 5 nitrogen and oxygen atoms in total. The van der Waals surface area contributed by atoms with Gasteiger partial charge in [-0.05, 0) is 62.8 Å². The van der Waals surface area contributed by atoms with Crippen molar-refractivity contribution in [3.63, 3.8) is 0 Å². The number of likely N-dealkylation sites (tertiary alicyclic amines) is 1. The number of piperidine rings is 1. The Hall–Kier alpha value is -2.14. The average molecular weight is 428 g/mol. The van der Waals surface area contributed by atoms with E-state index in [1.54, 1.807) is 12.1 Å². The zero-order valence-electron chi connectivity index (χ0n) is 17.6. The number of nitrogens with one attached hydrogen (secondary N) is 1. The molecule has 30 heavy (non-hydrogen) atoms. The average Bonchev–Trinajstić information content (AvgIpc) is 2.78. The summed E-state index contributed by atoms with van der Waals surface area (Å²) in [5, 5.41) is 0.652. The van der Waals surface area contributed by atoms with Crippen LogP contribution in [0.1, 0.15) is 69.0 Å². The Morgan fingerprint density at radius 2 is 1.93 bits per heavy atom. The van der Waals surface area contributed by atoms with Crippen LogP contribution in [0.4, 0.5) is 0 Å². The van der Waals surface area contributed by atoms with Crippen molar-refractivity contribution in [1.82, 2.24) is 14.9 Å². The number of amides is 1. The molecule has 1 saturated heterocycles. The summed E-state index contributed by atoms with van der Waals surface area (Å²) < 4.78 is 0. The summed E-state index contributed by atoms with van der Waals surface area (Å²) >= 11 is 6.01. The van der Waals surface area contributed by atoms with Crippen molar-refractivity contribution >= 4 is 17.5 Å². The normalized spacial score (nSPS) is 21.3. The van der Waals surface area contributed by atoms with E-state index in [4.69, 9.17) is 16.6 Å². The molecular weight excluding hydrogens is 398 g/mol. The summed E-state index contributed by atoms with van der Waals surface area (Å²) in [4.78, 5) is 36.1. The van der Waals surface area contributed by atoms with E-state index in [9.17, 15) is 9.59 Å². The molecule has 0 unspecified atom stereocenters. The number of aromatic amines is 1. The van der Waals surface area contributed by atoms with E-state index < -0.39 is 0 Å². The second kappa shape index (κ2) is 9.34. The summed E-state index contributed by atoms with van der Waals surface area (Å²) in [7, 11) is 0. The van der Waals surface area contributed by atoms with Crippen LogP contribution in [0.25, 0.3) is 11.4 Å². The highest BCUT2D eigenvalue weighted by molar-refractivity contribution is 6.30. The summed E-state index contributed by atoms with van der Waals surface area (Å²) in [6.07, 6.45) is 7.78. The van der Waals surface area contributed by atoms with Gasteiger partial charge in [0.15, 0.2) is 0 Å². The molecule has 1 aliphatic heterocycles. The second-order valence-electron chi connectivity index (χ2n) is 8.65. The fourth-order valence-corrected chi connectivity index (χ4v) is 4.97. The molecule has 0 spiro atoms. The number of nitrogens with zero attached hydrogens (tertiary/aromatic N) is 2. The number of halogens is 1. The highest BCUT2D eigenvalue weighted by Gasteiger charge is 2.36. The van der Waals surface area contributed by atoms with Crippen LogP contribution in [-0.2, 0) is 11.2 Å². The fourth-order valence-electron chi connectivity index (χ4n) is 4.85. The molecule has 1 aliphatic carbocycles. The number of hydrogen-bond donors (Lipinski definition) is 1. The molecule has 2 aliphatic rings. The molecule has 6 heteroatoms. The number of unbranched alkanes of at least 4 members (excludes halogenated alkanes) is 1. The SMILES string of the molecule is CCCC[C@H]1C[C@H](C(=O)N2CCCCC2)Cc2c1nc(-c1ccc(Cl)cc1)[nH]c2=O. The lowest BCUT2D eigenvalue weighted by atomic mass is 9.77. The number of carbonyl (C=O) groups excluding carboxylic acids is 1. The molecule has 2 atom stereocenters. The minimum atomic E-state index is -0.110. The van der Waals surface area contributed by atoms with Gasteiger partial charge in [-0.15, -0.1) is 0 Å². The molecule has 0 bridgehead atoms. The van der Waals surface area contributed by atoms with E-state index in [1.807, 2.05) is 17.0 Å². The minimum Gasteiger partial charge on any atom is -0.342 e. The molecular formula is C24H30ClN3O2. The lowest BCUT2D eigenvalue weighted by Gasteiger charge is -2.35. The van der Waals surface area contributed by atoms with Crippen LogP contribution in [0.2, 0.25) is 5.02 Å². The van der Waals surface area contributed by atoms with Gasteiger partial charge in [-0.2, -0.15) is 0 Å². The molecule has 1 amide bonds. The predicted octanol–water partition coefficient (Wildman–Crippen LogP) is 4.94. The molecule has 0 radical (unpaired) electrons. The number of hydrogen-bond acceptors (Lipinski definition) is 3. The van der Waals surface area contributed by atoms with Crippen LogP contribution in [0.15, 0.2) is 29.1 Å². The first-order valence-corrected chi connectivity index (χ1v) is 11.6. The van der Waals surface area contributed by atoms with Crippen molar-refractivity contribution in [3.05, 3.63) is 50.9 Å². The van der Waals surface area contributed by atoms with Gasteiger partial charge in [0.1, 0.15) is 5.82 Å². The Kier molecular flexibility index (Phi) is 6.57. The quantitative estimate of drug-likeness (QED) is 0.734. The first kappa shape index (κ1) is 21.1. The number of rotatable bonds is 5. The van der Waals surface area contributed by atoms with Crippen molar-refractivity contribution in [1.29, 1.82) is 0 Å². The van der Waals surface area contributed by atoms with Gasteiger partial charge < -0.3 is 9.88 Å². The van der Waals surface area contributed by atoms with Crippen LogP contribution >= 0.6 is 11.6 Å². The van der Waals surface area contributed by atoms with Gasteiger partial charge in [-0.1, -0.05) is 31.4 Å². The minimum absolute atomic E-state index is 0.109. The Bertz CT molecular complexity index is 948. The maximum Gasteiger partial charge on any atom is 0.254 e. The smallest absolute Gasteiger partial charge is 0.254 e. The van der Waals surface area contributed by atoms with Gasteiger partial charge in [0, 0.05) is 41.1 Å². The highest BCUT2D eigenvalue weighted by atomic mass is 35.5. The van der Waals surface area contributed by atoms with Crippen molar-refractivity contribution in [3.8, 4) is 11.4 Å². The van der Waals surface area contributed by atoms with Gasteiger partial charge in [0.25, 0.3) is 5.56 Å². The Morgan fingerprint density at radius 3 is 2.63 bits per heavy atom. The van der Waals surface area contributed by atoms with E-state index in [-0.39, 0.29) is 23.3 Å². The monoisotopic (exact) mass is 427 g/mol. The molecule has 160 valence electrons. The van der Waals surface area contributed by atoms with Crippen molar-refractivity contribution in [2.75, 3.05) is 13.1 Å². The molecule has 1 N–H and O–H groups in total. The molecule has 2 heterocycles. The topological polar surface area (TPSA) is 66.1 Å². The van der Waals surface area contributed by atoms with E-state index >= 15 is 0 Å². The number of aromatic nitrogens is 2. The van der Waals surface area contributed by atoms with Gasteiger partial charge >= 0.3 is 0 Å². The third kappa shape index (κ3) is 4.46. The van der Waals surface area contributed by atoms with Crippen LogP contribution in [0, 0.1) is 5.92 Å². The lowest BCUT2D eigenvalue weighted by molar-refractivity contribution is -0.137. The first-order chi connectivity index (χ1) is 14.6. The van der Waals surface area contributed by atoms with Gasteiger partial charge in [-0.3, -0.25) is 9.59 Å². The maximum absolute atomic E-state index is 13.2. The highest BCUT2D eigenvalue weighted by Crippen LogP contribution is 2.37. The lowest BCUT2D eigenvalue weighted by Crippen LogP contribution is -2.43. The third-order valence-electron chi connectivity index (χ3n) is 6.49. The zero-order chi connectivity index (χ0) is 21.1. The summed E-state index contributed by atoms with van der Waals surface area (Å²) in [5.41, 5.74) is 2.33. The van der Waals surface area contributed by atoms with Gasteiger partial charge in [0.2, 0.25) is 5.91 Å². The molecule has 2 aromatic rings. The molecule has 1 fully saturated rings. The van der Waals surface area contributed by atoms with Crippen LogP contribution < -0.4 is 5.56 Å². The molecule has 4 rings (SSSR count). The Balaban J connectivity index is 1.67. The number of benzene rings is 1. The second-order valence-corrected chi connectivity index (χ2v) is 9.08. The van der Waals surface area contributed by atoms with Crippen LogP contribution in [0.5, 0.6) is 0 Å². The van der Waals surface area contributed by atoms with Crippen LogP contribution in [0.3, 0.4) is 0 Å². The Labute approximate surface area is 182 Å². The number of H-pyrrole nitrogens is 1. The molecule has 1 aromatic heterocycles. The predicted molar refractivity (Wildman–Crippen MR) is 120 cm³/mol. The van der Waals surface area contributed by atoms with Crippen molar-refractivity contribution in [2.24, 2.45) is 5.92 Å². The van der Waals surface area contributed by atoms with Crippen LogP contribution in [-0.4, -0.2) is 33.9 Å². The largest absolute Gasteiger partial charge is 0.342 e. The third-order valence-corrected chi connectivity index (χ3v) is 6.75. The van der Waals surface area contributed by atoms with Crippen molar-refractivity contribution in [2.45, 2.75) is 64.2 Å². The van der Waals surface area contributed by atoms with E-state index in [2.05, 4.69) is 11.9 Å².